The van der Waals surface area contributed by atoms with Gasteiger partial charge in [0, 0.05) is 23.4 Å². The van der Waals surface area contributed by atoms with Crippen LogP contribution in [0, 0.1) is 0 Å². The summed E-state index contributed by atoms with van der Waals surface area (Å²) in [7, 11) is -0.975. The quantitative estimate of drug-likeness (QED) is 0.807. The van der Waals surface area contributed by atoms with Crippen molar-refractivity contribution in [2.75, 3.05) is 6.26 Å². The van der Waals surface area contributed by atoms with E-state index in [1.165, 1.54) is 11.3 Å². The second-order valence-electron chi connectivity index (χ2n) is 2.50. The van der Waals surface area contributed by atoms with Gasteiger partial charge >= 0.3 is 0 Å². The molecular weight excluding hydrogens is 192 g/mol. The van der Waals surface area contributed by atoms with E-state index in [4.69, 9.17) is 5.73 Å². The molecule has 68 valence electrons. The van der Waals surface area contributed by atoms with Crippen LogP contribution in [0.15, 0.2) is 10.5 Å². The highest BCUT2D eigenvalue weighted by Gasteiger charge is 2.09. The van der Waals surface area contributed by atoms with Crippen LogP contribution in [0.5, 0.6) is 0 Å². The molecule has 0 aliphatic carbocycles. The molecule has 0 spiro atoms. The Labute approximate surface area is 78.5 Å². The summed E-state index contributed by atoms with van der Waals surface area (Å²) in [6.07, 6.45) is 4.23. The molecule has 0 radical (unpaired) electrons. The molecule has 0 aliphatic rings. The number of nitrogens with zero attached hydrogens (tertiary/aromatic N) is 1. The van der Waals surface area contributed by atoms with Gasteiger partial charge in [0.25, 0.3) is 0 Å². The lowest BCUT2D eigenvalue weighted by molar-refractivity contribution is 0.686. The van der Waals surface area contributed by atoms with Crippen LogP contribution >= 0.6 is 11.3 Å². The van der Waals surface area contributed by atoms with Crippen LogP contribution in [0.4, 0.5) is 0 Å². The van der Waals surface area contributed by atoms with Crippen molar-refractivity contribution in [3.05, 3.63) is 11.1 Å². The molecule has 0 aliphatic heterocycles. The Kier molecular flexibility index (Phi) is 3.37. The molecule has 1 rings (SSSR count). The molecule has 1 aromatic heterocycles. The van der Waals surface area contributed by atoms with E-state index in [1.54, 1.807) is 12.5 Å². The fraction of sp³-hybridized carbons (Fsp3) is 0.571. The summed E-state index contributed by atoms with van der Waals surface area (Å²) in [5.41, 5.74) is 5.78. The number of hydrogen-bond donors (Lipinski definition) is 1. The van der Waals surface area contributed by atoms with Gasteiger partial charge in [-0.25, -0.2) is 4.98 Å². The molecule has 2 unspecified atom stereocenters. The predicted molar refractivity (Wildman–Crippen MR) is 51.7 cm³/mol. The topological polar surface area (TPSA) is 56.0 Å². The van der Waals surface area contributed by atoms with Crippen molar-refractivity contribution in [3.63, 3.8) is 0 Å². The zero-order valence-corrected chi connectivity index (χ0v) is 8.74. The van der Waals surface area contributed by atoms with Crippen molar-refractivity contribution in [1.29, 1.82) is 0 Å². The fourth-order valence-electron chi connectivity index (χ4n) is 0.775. The highest BCUT2D eigenvalue weighted by atomic mass is 32.2. The third kappa shape index (κ3) is 2.12. The van der Waals surface area contributed by atoms with Crippen LogP contribution in [0.25, 0.3) is 0 Å². The monoisotopic (exact) mass is 204 g/mol. The molecule has 2 N–H and O–H groups in total. The standard InChI is InChI=1S/C7H12N2OS2/c1-3-5(8)6-4-9-7(11-6)12(2)10/h4-5H,3,8H2,1-2H3. The second-order valence-corrected chi connectivity index (χ2v) is 5.11. The van der Waals surface area contributed by atoms with Gasteiger partial charge in [-0.15, -0.1) is 11.3 Å². The van der Waals surface area contributed by atoms with E-state index in [0.717, 1.165) is 11.3 Å². The van der Waals surface area contributed by atoms with Crippen molar-refractivity contribution < 1.29 is 4.21 Å². The highest BCUT2D eigenvalue weighted by molar-refractivity contribution is 7.86. The predicted octanol–water partition coefficient (Wildman–Crippen LogP) is 1.29. The SMILES string of the molecule is CCC(N)c1cnc(S(C)=O)s1. The molecule has 1 aromatic rings. The zero-order chi connectivity index (χ0) is 9.14. The molecular formula is C7H12N2OS2. The van der Waals surface area contributed by atoms with E-state index in [9.17, 15) is 4.21 Å². The molecule has 0 aromatic carbocycles. The minimum absolute atomic E-state index is 0.0415. The van der Waals surface area contributed by atoms with Crippen LogP contribution in [0.3, 0.4) is 0 Å². The van der Waals surface area contributed by atoms with Crippen LogP contribution < -0.4 is 5.73 Å². The van der Waals surface area contributed by atoms with Gasteiger partial charge in [0.15, 0.2) is 4.34 Å². The lowest BCUT2D eigenvalue weighted by Gasteiger charge is -2.02. The smallest absolute Gasteiger partial charge is 0.180 e. The molecule has 0 amide bonds. The van der Waals surface area contributed by atoms with Crippen molar-refractivity contribution in [2.45, 2.75) is 23.7 Å². The second kappa shape index (κ2) is 4.11. The molecule has 5 heteroatoms. The van der Waals surface area contributed by atoms with E-state index in [-0.39, 0.29) is 6.04 Å². The average molecular weight is 204 g/mol. The highest BCUT2D eigenvalue weighted by Crippen LogP contribution is 2.22. The summed E-state index contributed by atoms with van der Waals surface area (Å²) >= 11 is 1.44. The Morgan fingerprint density at radius 2 is 2.50 bits per heavy atom. The molecule has 0 saturated carbocycles. The molecule has 3 nitrogen and oxygen atoms in total. The molecule has 1 heterocycles. The van der Waals surface area contributed by atoms with Crippen molar-refractivity contribution in [2.24, 2.45) is 5.73 Å². The first-order valence-electron chi connectivity index (χ1n) is 3.70. The minimum atomic E-state index is -0.975. The van der Waals surface area contributed by atoms with E-state index in [2.05, 4.69) is 4.98 Å². The Morgan fingerprint density at radius 3 is 2.92 bits per heavy atom. The Bertz CT molecular complexity index is 285. The van der Waals surface area contributed by atoms with Crippen molar-refractivity contribution in [1.82, 2.24) is 4.98 Å². The van der Waals surface area contributed by atoms with E-state index in [0.29, 0.717) is 4.34 Å². The summed E-state index contributed by atoms with van der Waals surface area (Å²) < 4.78 is 11.6. The van der Waals surface area contributed by atoms with Gasteiger partial charge in [0.2, 0.25) is 0 Å². The fourth-order valence-corrected chi connectivity index (χ4v) is 2.47. The maximum absolute atomic E-state index is 11.0. The van der Waals surface area contributed by atoms with Gasteiger partial charge in [-0.1, -0.05) is 6.92 Å². The van der Waals surface area contributed by atoms with Crippen LogP contribution in [0.1, 0.15) is 24.3 Å². The number of hydrogen-bond acceptors (Lipinski definition) is 4. The molecule has 0 fully saturated rings. The van der Waals surface area contributed by atoms with E-state index >= 15 is 0 Å². The minimum Gasteiger partial charge on any atom is -0.323 e. The number of nitrogens with two attached hydrogens (primary N) is 1. The lowest BCUT2D eigenvalue weighted by atomic mass is 10.2. The first kappa shape index (κ1) is 9.83. The number of rotatable bonds is 3. The molecule has 0 bridgehead atoms. The van der Waals surface area contributed by atoms with E-state index in [1.807, 2.05) is 6.92 Å². The molecule has 0 saturated heterocycles. The average Bonchev–Trinajstić information content (AvgIpc) is 2.51. The molecule has 12 heavy (non-hydrogen) atoms. The van der Waals surface area contributed by atoms with Crippen LogP contribution in [0.2, 0.25) is 0 Å². The van der Waals surface area contributed by atoms with Crippen molar-refractivity contribution in [3.8, 4) is 0 Å². The Morgan fingerprint density at radius 1 is 1.83 bits per heavy atom. The zero-order valence-electron chi connectivity index (χ0n) is 7.11. The maximum Gasteiger partial charge on any atom is 0.180 e. The largest absolute Gasteiger partial charge is 0.323 e. The third-order valence-electron chi connectivity index (χ3n) is 1.55. The van der Waals surface area contributed by atoms with Gasteiger partial charge in [-0.05, 0) is 6.42 Å². The molecule has 2 atom stereocenters. The van der Waals surface area contributed by atoms with Crippen LogP contribution in [-0.2, 0) is 10.8 Å². The summed E-state index contributed by atoms with van der Waals surface area (Å²) in [6, 6.07) is 0.0415. The van der Waals surface area contributed by atoms with Crippen LogP contribution in [-0.4, -0.2) is 15.4 Å². The maximum atomic E-state index is 11.0. The van der Waals surface area contributed by atoms with Crippen molar-refractivity contribution >= 4 is 22.1 Å². The Balaban J connectivity index is 2.84. The summed E-state index contributed by atoms with van der Waals surface area (Å²) in [4.78, 5) is 5.04. The summed E-state index contributed by atoms with van der Waals surface area (Å²) in [6.45, 7) is 2.02. The van der Waals surface area contributed by atoms with Gasteiger partial charge in [0.1, 0.15) is 0 Å². The number of aromatic nitrogens is 1. The lowest BCUT2D eigenvalue weighted by Crippen LogP contribution is -2.05. The first-order valence-corrected chi connectivity index (χ1v) is 6.07. The van der Waals surface area contributed by atoms with Gasteiger partial charge in [0.05, 0.1) is 10.8 Å². The Hall–Kier alpha value is -0.260. The van der Waals surface area contributed by atoms with Gasteiger partial charge < -0.3 is 5.73 Å². The van der Waals surface area contributed by atoms with E-state index < -0.39 is 10.8 Å². The van der Waals surface area contributed by atoms with Gasteiger partial charge in [-0.2, -0.15) is 0 Å². The summed E-state index contributed by atoms with van der Waals surface area (Å²) in [5.74, 6) is 0. The summed E-state index contributed by atoms with van der Waals surface area (Å²) in [5, 5.41) is 0. The number of thiazole rings is 1. The van der Waals surface area contributed by atoms with Gasteiger partial charge in [-0.3, -0.25) is 4.21 Å². The third-order valence-corrected chi connectivity index (χ3v) is 4.03. The first-order chi connectivity index (χ1) is 5.65. The normalized spacial score (nSPS) is 15.9.